The van der Waals surface area contributed by atoms with E-state index in [0.29, 0.717) is 11.1 Å². The molecule has 92 valence electrons. The Morgan fingerprint density at radius 1 is 1.33 bits per heavy atom. The molecule has 18 heavy (non-hydrogen) atoms. The van der Waals surface area contributed by atoms with Crippen molar-refractivity contribution in [3.05, 3.63) is 40.2 Å². The zero-order valence-corrected chi connectivity index (χ0v) is 10.1. The van der Waals surface area contributed by atoms with Crippen molar-refractivity contribution < 1.29 is 4.79 Å². The number of hydrogen-bond acceptors (Lipinski definition) is 2. The molecule has 1 fully saturated rings. The van der Waals surface area contributed by atoms with E-state index < -0.39 is 0 Å². The Balaban J connectivity index is 1.99. The Bertz CT molecular complexity index is 684. The average Bonchev–Trinajstić information content (AvgIpc) is 3.13. The van der Waals surface area contributed by atoms with Crippen molar-refractivity contribution in [1.82, 2.24) is 4.98 Å². The number of aryl methyl sites for hydroxylation is 1. The number of nitrogens with one attached hydrogen (secondary N) is 2. The summed E-state index contributed by atoms with van der Waals surface area (Å²) < 4.78 is 0. The molecule has 1 saturated carbocycles. The van der Waals surface area contributed by atoms with Crippen molar-refractivity contribution in [3.63, 3.8) is 0 Å². The molecule has 2 N–H and O–H groups in total. The lowest BCUT2D eigenvalue weighted by atomic mass is 10.1. The first kappa shape index (κ1) is 11.0. The highest BCUT2D eigenvalue weighted by molar-refractivity contribution is 5.96. The minimum absolute atomic E-state index is 0.0243. The predicted octanol–water partition coefficient (Wildman–Crippen LogP) is 2.19. The van der Waals surface area contributed by atoms with Crippen LogP contribution in [0.4, 0.5) is 5.69 Å². The van der Waals surface area contributed by atoms with Crippen molar-refractivity contribution in [2.24, 2.45) is 5.92 Å². The molecule has 0 aliphatic heterocycles. The van der Waals surface area contributed by atoms with E-state index in [9.17, 15) is 9.59 Å². The SMILES string of the molecule is Cc1cc(=O)c2cc(NC(=O)C3CC3)ccc2[nH]1. The Labute approximate surface area is 104 Å². The third-order valence-corrected chi connectivity index (χ3v) is 3.18. The van der Waals surface area contributed by atoms with Gasteiger partial charge in [0.25, 0.3) is 0 Å². The largest absolute Gasteiger partial charge is 0.358 e. The number of carbonyl (C=O) groups excluding carboxylic acids is 1. The van der Waals surface area contributed by atoms with Gasteiger partial charge in [0, 0.05) is 34.3 Å². The number of benzene rings is 1. The third kappa shape index (κ3) is 2.01. The molecule has 0 saturated heterocycles. The van der Waals surface area contributed by atoms with E-state index in [1.807, 2.05) is 19.1 Å². The van der Waals surface area contributed by atoms with Gasteiger partial charge < -0.3 is 10.3 Å². The van der Waals surface area contributed by atoms with Crippen LogP contribution in [0.3, 0.4) is 0 Å². The lowest BCUT2D eigenvalue weighted by Gasteiger charge is -2.06. The van der Waals surface area contributed by atoms with Crippen LogP contribution < -0.4 is 10.7 Å². The topological polar surface area (TPSA) is 62.0 Å². The maximum Gasteiger partial charge on any atom is 0.227 e. The van der Waals surface area contributed by atoms with Crippen LogP contribution in [0.1, 0.15) is 18.5 Å². The van der Waals surface area contributed by atoms with E-state index in [1.54, 1.807) is 12.1 Å². The molecule has 1 aliphatic rings. The van der Waals surface area contributed by atoms with Crippen LogP contribution in [0.15, 0.2) is 29.1 Å². The molecule has 4 heteroatoms. The lowest BCUT2D eigenvalue weighted by Crippen LogP contribution is -2.13. The van der Waals surface area contributed by atoms with Crippen LogP contribution in [0.2, 0.25) is 0 Å². The number of carbonyl (C=O) groups is 1. The number of aromatic amines is 1. The van der Waals surface area contributed by atoms with Gasteiger partial charge in [-0.25, -0.2) is 0 Å². The summed E-state index contributed by atoms with van der Waals surface area (Å²) in [5.74, 6) is 0.217. The number of fused-ring (bicyclic) bond motifs is 1. The number of amides is 1. The Morgan fingerprint density at radius 3 is 2.83 bits per heavy atom. The fourth-order valence-electron chi connectivity index (χ4n) is 2.05. The molecule has 1 amide bonds. The van der Waals surface area contributed by atoms with Crippen molar-refractivity contribution >= 4 is 22.5 Å². The van der Waals surface area contributed by atoms with E-state index in [-0.39, 0.29) is 17.3 Å². The highest BCUT2D eigenvalue weighted by Gasteiger charge is 2.29. The van der Waals surface area contributed by atoms with Gasteiger partial charge >= 0.3 is 0 Å². The average molecular weight is 242 g/mol. The molecule has 1 aromatic carbocycles. The number of H-pyrrole nitrogens is 1. The maximum atomic E-state index is 11.9. The van der Waals surface area contributed by atoms with Crippen molar-refractivity contribution in [1.29, 1.82) is 0 Å². The predicted molar refractivity (Wildman–Crippen MR) is 70.7 cm³/mol. The normalized spacial score (nSPS) is 14.7. The van der Waals surface area contributed by atoms with Gasteiger partial charge in [0.1, 0.15) is 0 Å². The molecular formula is C14H14N2O2. The standard InChI is InChI=1S/C14H14N2O2/c1-8-6-13(17)11-7-10(4-5-12(11)15-8)16-14(18)9-2-3-9/h4-7,9H,2-3H2,1H3,(H,15,17)(H,16,18). The highest BCUT2D eigenvalue weighted by atomic mass is 16.2. The quantitative estimate of drug-likeness (QED) is 0.847. The molecule has 1 aliphatic carbocycles. The number of pyridine rings is 1. The zero-order chi connectivity index (χ0) is 12.7. The van der Waals surface area contributed by atoms with Gasteiger partial charge in [-0.2, -0.15) is 0 Å². The first-order valence-electron chi connectivity index (χ1n) is 6.08. The Morgan fingerprint density at radius 2 is 2.11 bits per heavy atom. The summed E-state index contributed by atoms with van der Waals surface area (Å²) in [6.07, 6.45) is 1.94. The molecule has 2 aromatic rings. The summed E-state index contributed by atoms with van der Waals surface area (Å²) in [6.45, 7) is 1.85. The van der Waals surface area contributed by atoms with Crippen molar-refractivity contribution in [2.45, 2.75) is 19.8 Å². The number of anilines is 1. The summed E-state index contributed by atoms with van der Waals surface area (Å²) in [7, 11) is 0. The molecule has 0 spiro atoms. The summed E-state index contributed by atoms with van der Waals surface area (Å²) in [5, 5.41) is 3.45. The molecule has 1 aromatic heterocycles. The Hall–Kier alpha value is -2.10. The molecule has 0 radical (unpaired) electrons. The second-order valence-corrected chi connectivity index (χ2v) is 4.84. The summed E-state index contributed by atoms with van der Waals surface area (Å²) in [6, 6.07) is 6.94. The lowest BCUT2D eigenvalue weighted by molar-refractivity contribution is -0.117. The van der Waals surface area contributed by atoms with E-state index >= 15 is 0 Å². The van der Waals surface area contributed by atoms with Gasteiger partial charge in [-0.15, -0.1) is 0 Å². The molecule has 0 bridgehead atoms. The van der Waals surface area contributed by atoms with Gasteiger partial charge in [0.2, 0.25) is 5.91 Å². The van der Waals surface area contributed by atoms with Crippen LogP contribution >= 0.6 is 0 Å². The van der Waals surface area contributed by atoms with E-state index in [4.69, 9.17) is 0 Å². The number of rotatable bonds is 2. The summed E-state index contributed by atoms with van der Waals surface area (Å²) >= 11 is 0. The van der Waals surface area contributed by atoms with E-state index in [2.05, 4.69) is 10.3 Å². The van der Waals surface area contributed by atoms with Gasteiger partial charge in [-0.05, 0) is 38.0 Å². The first-order valence-corrected chi connectivity index (χ1v) is 6.08. The van der Waals surface area contributed by atoms with Gasteiger partial charge in [-0.3, -0.25) is 9.59 Å². The summed E-state index contributed by atoms with van der Waals surface area (Å²) in [4.78, 5) is 26.6. The van der Waals surface area contributed by atoms with E-state index in [0.717, 1.165) is 24.1 Å². The van der Waals surface area contributed by atoms with Crippen molar-refractivity contribution in [2.75, 3.05) is 5.32 Å². The molecule has 1 heterocycles. The van der Waals surface area contributed by atoms with Gasteiger partial charge in [0.15, 0.2) is 5.43 Å². The molecule has 0 unspecified atom stereocenters. The fraction of sp³-hybridized carbons (Fsp3) is 0.286. The van der Waals surface area contributed by atoms with Crippen LogP contribution in [-0.2, 0) is 4.79 Å². The number of aromatic nitrogens is 1. The second kappa shape index (κ2) is 3.98. The number of hydrogen-bond donors (Lipinski definition) is 2. The van der Waals surface area contributed by atoms with Crippen LogP contribution in [-0.4, -0.2) is 10.9 Å². The minimum atomic E-state index is -0.0243. The summed E-state index contributed by atoms with van der Waals surface area (Å²) in [5.41, 5.74) is 2.30. The zero-order valence-electron chi connectivity index (χ0n) is 10.1. The van der Waals surface area contributed by atoms with Gasteiger partial charge in [0.05, 0.1) is 0 Å². The molecular weight excluding hydrogens is 228 g/mol. The molecule has 0 atom stereocenters. The van der Waals surface area contributed by atoms with Crippen LogP contribution in [0.5, 0.6) is 0 Å². The minimum Gasteiger partial charge on any atom is -0.358 e. The molecule has 4 nitrogen and oxygen atoms in total. The monoisotopic (exact) mass is 242 g/mol. The van der Waals surface area contributed by atoms with Gasteiger partial charge in [-0.1, -0.05) is 0 Å². The van der Waals surface area contributed by atoms with Crippen LogP contribution in [0, 0.1) is 12.8 Å². The Kier molecular flexibility index (Phi) is 2.44. The second-order valence-electron chi connectivity index (χ2n) is 4.84. The van der Waals surface area contributed by atoms with Crippen LogP contribution in [0.25, 0.3) is 10.9 Å². The first-order chi connectivity index (χ1) is 8.63. The van der Waals surface area contributed by atoms with E-state index in [1.165, 1.54) is 0 Å². The highest BCUT2D eigenvalue weighted by Crippen LogP contribution is 2.30. The third-order valence-electron chi connectivity index (χ3n) is 3.18. The fourth-order valence-corrected chi connectivity index (χ4v) is 2.05. The smallest absolute Gasteiger partial charge is 0.227 e. The molecule has 3 rings (SSSR count). The maximum absolute atomic E-state index is 11.9. The van der Waals surface area contributed by atoms with Crippen molar-refractivity contribution in [3.8, 4) is 0 Å².